The fourth-order valence-electron chi connectivity index (χ4n) is 3.35. The summed E-state index contributed by atoms with van der Waals surface area (Å²) in [5, 5.41) is 0. The molecule has 3 aromatic carbocycles. The molecular formula is C23H19NO. The Morgan fingerprint density at radius 1 is 0.720 bits per heavy atom. The molecule has 2 nitrogen and oxygen atoms in total. The largest absolute Gasteiger partial charge is 0.281 e. The third-order valence-corrected chi connectivity index (χ3v) is 4.56. The van der Waals surface area contributed by atoms with Gasteiger partial charge in [0.2, 0.25) is 5.91 Å². The fraction of sp³-hybridized carbons (Fsp3) is 0.0870. The lowest BCUT2D eigenvalue weighted by Gasteiger charge is -2.32. The van der Waals surface area contributed by atoms with Crippen LogP contribution in [0.15, 0.2) is 97.1 Å². The molecule has 0 fully saturated rings. The molecule has 1 aliphatic rings. The Balaban J connectivity index is 1.83. The minimum atomic E-state index is 0.101. The summed E-state index contributed by atoms with van der Waals surface area (Å²) in [5.74, 6) is 0.227. The van der Waals surface area contributed by atoms with Gasteiger partial charge in [0.15, 0.2) is 0 Å². The third-order valence-electron chi connectivity index (χ3n) is 4.56. The number of rotatable bonds is 3. The van der Waals surface area contributed by atoms with Crippen molar-refractivity contribution < 1.29 is 4.79 Å². The van der Waals surface area contributed by atoms with E-state index >= 15 is 0 Å². The van der Waals surface area contributed by atoms with E-state index < -0.39 is 0 Å². The monoisotopic (exact) mass is 325 g/mol. The summed E-state index contributed by atoms with van der Waals surface area (Å²) >= 11 is 0. The summed E-state index contributed by atoms with van der Waals surface area (Å²) in [6, 6.07) is 30.2. The minimum Gasteiger partial charge on any atom is -0.281 e. The number of amides is 1. The van der Waals surface area contributed by atoms with Crippen LogP contribution in [0.25, 0.3) is 5.70 Å². The zero-order valence-corrected chi connectivity index (χ0v) is 13.9. The van der Waals surface area contributed by atoms with Crippen molar-refractivity contribution in [2.45, 2.75) is 12.3 Å². The molecule has 0 spiro atoms. The maximum absolute atomic E-state index is 13.0. The van der Waals surface area contributed by atoms with Crippen LogP contribution >= 0.6 is 0 Å². The lowest BCUT2D eigenvalue weighted by Crippen LogP contribution is -2.34. The van der Waals surface area contributed by atoms with Crippen LogP contribution in [0.3, 0.4) is 0 Å². The van der Waals surface area contributed by atoms with Crippen molar-refractivity contribution in [3.05, 3.63) is 108 Å². The van der Waals surface area contributed by atoms with Gasteiger partial charge in [-0.25, -0.2) is 0 Å². The topological polar surface area (TPSA) is 20.3 Å². The first-order chi connectivity index (χ1) is 12.3. The van der Waals surface area contributed by atoms with E-state index in [4.69, 9.17) is 0 Å². The van der Waals surface area contributed by atoms with Crippen molar-refractivity contribution >= 4 is 17.3 Å². The number of hydrogen-bond donors (Lipinski definition) is 0. The summed E-state index contributed by atoms with van der Waals surface area (Å²) in [6.07, 6.45) is 2.70. The van der Waals surface area contributed by atoms with Gasteiger partial charge in [0.1, 0.15) is 0 Å². The number of hydrogen-bond acceptors (Lipinski definition) is 1. The molecule has 0 radical (unpaired) electrons. The molecule has 1 heterocycles. The molecule has 0 aromatic heterocycles. The number of benzene rings is 3. The van der Waals surface area contributed by atoms with Crippen LogP contribution in [0, 0.1) is 0 Å². The number of para-hydroxylation sites is 1. The van der Waals surface area contributed by atoms with Crippen molar-refractivity contribution in [3.8, 4) is 0 Å². The highest BCUT2D eigenvalue weighted by Gasteiger charge is 2.29. The van der Waals surface area contributed by atoms with Crippen molar-refractivity contribution in [1.29, 1.82) is 0 Å². The molecule has 0 aliphatic carbocycles. The summed E-state index contributed by atoms with van der Waals surface area (Å²) < 4.78 is 0. The molecule has 1 unspecified atom stereocenters. The van der Waals surface area contributed by atoms with Gasteiger partial charge in [0, 0.05) is 18.0 Å². The second-order valence-corrected chi connectivity index (χ2v) is 6.20. The van der Waals surface area contributed by atoms with E-state index in [-0.39, 0.29) is 11.8 Å². The summed E-state index contributed by atoms with van der Waals surface area (Å²) in [4.78, 5) is 14.9. The van der Waals surface area contributed by atoms with Gasteiger partial charge in [-0.05, 0) is 23.3 Å². The number of carbonyl (C=O) groups excluding carboxylic acids is 1. The SMILES string of the molecule is O=C1CC(c2ccccc2)C=C(c2ccccc2)N1c1ccccc1. The fourth-order valence-corrected chi connectivity index (χ4v) is 3.35. The molecule has 2 heteroatoms. The number of allylic oxidation sites excluding steroid dienone is 1. The quantitative estimate of drug-likeness (QED) is 0.644. The Morgan fingerprint density at radius 2 is 1.28 bits per heavy atom. The average Bonchev–Trinajstić information content (AvgIpc) is 2.69. The molecule has 0 saturated heterocycles. The average molecular weight is 325 g/mol. The number of anilines is 1. The summed E-state index contributed by atoms with van der Waals surface area (Å²) in [7, 11) is 0. The van der Waals surface area contributed by atoms with Gasteiger partial charge in [-0.2, -0.15) is 0 Å². The number of nitrogens with zero attached hydrogens (tertiary/aromatic N) is 1. The first kappa shape index (κ1) is 15.4. The Hall–Kier alpha value is -3.13. The van der Waals surface area contributed by atoms with Crippen LogP contribution in [-0.4, -0.2) is 5.91 Å². The molecule has 3 aromatic rings. The van der Waals surface area contributed by atoms with Gasteiger partial charge in [0.05, 0.1) is 5.70 Å². The standard InChI is InChI=1S/C23H19NO/c25-23-17-20(18-10-4-1-5-11-18)16-22(19-12-6-2-7-13-19)24(23)21-14-8-3-9-15-21/h1-16,20H,17H2. The van der Waals surface area contributed by atoms with Crippen molar-refractivity contribution in [1.82, 2.24) is 0 Å². The van der Waals surface area contributed by atoms with Crippen molar-refractivity contribution in [3.63, 3.8) is 0 Å². The van der Waals surface area contributed by atoms with E-state index in [1.165, 1.54) is 5.56 Å². The summed E-state index contributed by atoms with van der Waals surface area (Å²) in [5.41, 5.74) is 4.10. The van der Waals surface area contributed by atoms with E-state index in [1.54, 1.807) is 0 Å². The predicted octanol–water partition coefficient (Wildman–Crippen LogP) is 5.25. The Kier molecular flexibility index (Phi) is 4.17. The van der Waals surface area contributed by atoms with Crippen LogP contribution in [0.1, 0.15) is 23.5 Å². The molecular weight excluding hydrogens is 306 g/mol. The maximum Gasteiger partial charge on any atom is 0.232 e. The third kappa shape index (κ3) is 3.11. The Labute approximate surface area is 148 Å². The highest BCUT2D eigenvalue weighted by molar-refractivity contribution is 6.08. The second-order valence-electron chi connectivity index (χ2n) is 6.20. The molecule has 4 rings (SSSR count). The zero-order chi connectivity index (χ0) is 17.1. The van der Waals surface area contributed by atoms with E-state index in [1.807, 2.05) is 71.6 Å². The van der Waals surface area contributed by atoms with Crippen molar-refractivity contribution in [2.24, 2.45) is 0 Å². The first-order valence-electron chi connectivity index (χ1n) is 8.53. The maximum atomic E-state index is 13.0. The predicted molar refractivity (Wildman–Crippen MR) is 102 cm³/mol. The molecule has 0 saturated carbocycles. The zero-order valence-electron chi connectivity index (χ0n) is 13.9. The van der Waals surface area contributed by atoms with E-state index in [9.17, 15) is 4.79 Å². The first-order valence-corrected chi connectivity index (χ1v) is 8.53. The van der Waals surface area contributed by atoms with Gasteiger partial charge in [-0.3, -0.25) is 9.69 Å². The molecule has 122 valence electrons. The highest BCUT2D eigenvalue weighted by atomic mass is 16.2. The van der Waals surface area contributed by atoms with Crippen LogP contribution < -0.4 is 4.90 Å². The van der Waals surface area contributed by atoms with Crippen molar-refractivity contribution in [2.75, 3.05) is 4.90 Å². The molecule has 1 atom stereocenters. The highest BCUT2D eigenvalue weighted by Crippen LogP contribution is 2.37. The molecule has 1 amide bonds. The molecule has 1 aliphatic heterocycles. The van der Waals surface area contributed by atoms with E-state index in [2.05, 4.69) is 30.3 Å². The van der Waals surface area contributed by atoms with Gasteiger partial charge in [0.25, 0.3) is 0 Å². The van der Waals surface area contributed by atoms with Crippen LogP contribution in [0.4, 0.5) is 5.69 Å². The van der Waals surface area contributed by atoms with E-state index in [0.717, 1.165) is 16.9 Å². The van der Waals surface area contributed by atoms with Gasteiger partial charge in [-0.15, -0.1) is 0 Å². The smallest absolute Gasteiger partial charge is 0.232 e. The van der Waals surface area contributed by atoms with Crippen LogP contribution in [0.2, 0.25) is 0 Å². The van der Waals surface area contributed by atoms with E-state index in [0.29, 0.717) is 6.42 Å². The Morgan fingerprint density at radius 3 is 1.92 bits per heavy atom. The lowest BCUT2D eigenvalue weighted by atomic mass is 9.89. The Bertz CT molecular complexity index is 885. The number of carbonyl (C=O) groups is 1. The lowest BCUT2D eigenvalue weighted by molar-refractivity contribution is -0.118. The molecule has 25 heavy (non-hydrogen) atoms. The molecule has 0 bridgehead atoms. The minimum absolute atomic E-state index is 0.101. The van der Waals surface area contributed by atoms with Crippen LogP contribution in [0.5, 0.6) is 0 Å². The molecule has 0 N–H and O–H groups in total. The van der Waals surface area contributed by atoms with Crippen LogP contribution in [-0.2, 0) is 4.79 Å². The van der Waals surface area contributed by atoms with Gasteiger partial charge >= 0.3 is 0 Å². The summed E-state index contributed by atoms with van der Waals surface area (Å²) in [6.45, 7) is 0. The van der Waals surface area contributed by atoms with Gasteiger partial charge < -0.3 is 0 Å². The second kappa shape index (κ2) is 6.78. The normalized spacial score (nSPS) is 17.3. The van der Waals surface area contributed by atoms with Gasteiger partial charge in [-0.1, -0.05) is 84.9 Å².